The molecule has 2 saturated heterocycles. The highest BCUT2D eigenvalue weighted by molar-refractivity contribution is 9.12. The smallest absolute Gasteiger partial charge is 0.350 e. The summed E-state index contributed by atoms with van der Waals surface area (Å²) >= 11 is 23.6. The fourth-order valence-electron chi connectivity index (χ4n) is 17.0. The number of esters is 5. The van der Waals surface area contributed by atoms with Crippen LogP contribution in [-0.2, 0) is 61.8 Å². The highest BCUT2D eigenvalue weighted by Crippen LogP contribution is 2.48. The third-order valence-corrected chi connectivity index (χ3v) is 31.7. The van der Waals surface area contributed by atoms with Crippen molar-refractivity contribution in [1.29, 1.82) is 0 Å². The molecule has 5 aromatic heterocycles. The summed E-state index contributed by atoms with van der Waals surface area (Å²) in [6.45, 7) is 9.40. The molecule has 0 unspecified atom stereocenters. The second-order valence-electron chi connectivity index (χ2n) is 31.5. The van der Waals surface area contributed by atoms with Crippen molar-refractivity contribution < 1.29 is 90.9 Å². The maximum atomic E-state index is 13.8. The van der Waals surface area contributed by atoms with Crippen molar-refractivity contribution in [2.24, 2.45) is 35.5 Å². The highest BCUT2D eigenvalue weighted by Gasteiger charge is 2.47. The first-order valence-electron chi connectivity index (χ1n) is 40.1. The molecule has 3 amide bonds. The summed E-state index contributed by atoms with van der Waals surface area (Å²) in [5, 5.41) is 13.4. The van der Waals surface area contributed by atoms with Crippen LogP contribution in [-0.4, -0.2) is 162 Å². The van der Waals surface area contributed by atoms with Crippen molar-refractivity contribution in [2.75, 3.05) is 87.7 Å². The van der Waals surface area contributed by atoms with E-state index in [0.29, 0.717) is 136 Å². The van der Waals surface area contributed by atoms with Crippen LogP contribution in [0.5, 0.6) is 0 Å². The molecule has 34 heteroatoms. The topological polar surface area (TPSA) is 305 Å². The molecule has 7 aliphatic carbocycles. The van der Waals surface area contributed by atoms with Crippen LogP contribution in [0.2, 0.25) is 0 Å². The Morgan fingerprint density at radius 3 is 1.04 bits per heavy atom. The standard InChI is InChI=1S/C22H30BrNO5S.C20H28BrNO4S.C20H26BrNO4S.C14H18BrNO4S.C6H6BrNO2S/c1-14-3-5-15(6-4-14)20(25)24(17-13-18(23)30-19(17)21(26)27-2)16-7-9-22(10-8-16)28-11-12-29-22;2*1-12-3-5-13(6-4-12)19(24)22(14-7-9-15(23)10-8-14)16-11-17(21)27-18(16)20(25)26-2;1-18-13(17)12-10(8-11(15)21-12)16-9-2-4-14(5-3-9)19-6-7-20-14;1-10-6(9)5-3(8)2-4(7)11-5/h13-16H,3-12H2,1-2H3;11-15,23H,3-10H2,1-2H3;11-14H,3-10H2,1-2H3;8-9,16H,2-7H2,1H3;2H,8H2,1H3. The molecule has 24 nitrogen and oxygen atoms in total. The van der Waals surface area contributed by atoms with Crippen molar-refractivity contribution in [3.63, 3.8) is 0 Å². The molecule has 9 aliphatic rings. The molecule has 4 N–H and O–H groups in total. The Balaban J connectivity index is 0.000000157. The largest absolute Gasteiger partial charge is 0.465 e. The number of ketones is 1. The van der Waals surface area contributed by atoms with Gasteiger partial charge in [-0.05, 0) is 269 Å². The van der Waals surface area contributed by atoms with Crippen molar-refractivity contribution in [3.05, 3.63) is 73.6 Å². The van der Waals surface area contributed by atoms with Crippen molar-refractivity contribution in [3.8, 4) is 0 Å². The summed E-state index contributed by atoms with van der Waals surface area (Å²) in [5.74, 6) is -0.114. The maximum Gasteiger partial charge on any atom is 0.350 e. The number of thiophene rings is 5. The predicted octanol–water partition coefficient (Wildman–Crippen LogP) is 20.1. The van der Waals surface area contributed by atoms with Gasteiger partial charge in [0, 0.05) is 80.4 Å². The van der Waals surface area contributed by atoms with Gasteiger partial charge in [-0.1, -0.05) is 20.8 Å². The van der Waals surface area contributed by atoms with E-state index in [1.807, 2.05) is 39.0 Å². The summed E-state index contributed by atoms with van der Waals surface area (Å²) in [7, 11) is 6.83. The molecule has 640 valence electrons. The number of methoxy groups -OCH3 is 5. The van der Waals surface area contributed by atoms with Gasteiger partial charge in [-0.2, -0.15) is 0 Å². The Labute approximate surface area is 741 Å². The van der Waals surface area contributed by atoms with Gasteiger partial charge in [0.15, 0.2) is 11.6 Å². The number of aliphatic hydroxyl groups is 1. The second-order valence-corrected chi connectivity index (χ2v) is 43.6. The van der Waals surface area contributed by atoms with Crippen LogP contribution in [0.25, 0.3) is 0 Å². The normalized spacial score (nSPS) is 24.4. The highest BCUT2D eigenvalue weighted by atomic mass is 79.9. The number of halogens is 5. The number of hydrogen-bond acceptors (Lipinski definition) is 26. The molecule has 0 radical (unpaired) electrons. The molecule has 0 atom stereocenters. The minimum atomic E-state index is -0.480. The number of ether oxygens (including phenoxy) is 9. The third kappa shape index (κ3) is 24.6. The first-order chi connectivity index (χ1) is 55.5. The molecule has 116 heavy (non-hydrogen) atoms. The zero-order valence-corrected chi connectivity index (χ0v) is 79.0. The zero-order chi connectivity index (χ0) is 83.7. The number of anilines is 5. The van der Waals surface area contributed by atoms with Crippen molar-refractivity contribution >= 4 is 218 Å². The van der Waals surface area contributed by atoms with Crippen LogP contribution in [0.4, 0.5) is 28.4 Å². The Hall–Kier alpha value is -4.27. The molecule has 2 spiro atoms. The number of Topliss-reactive ketones (excluding diaryl/α,β-unsaturated/α-hetero) is 1. The predicted molar refractivity (Wildman–Crippen MR) is 470 cm³/mol. The Kier molecular flexibility index (Phi) is 35.8. The van der Waals surface area contributed by atoms with Gasteiger partial charge in [-0.3, -0.25) is 19.2 Å². The fraction of sp³-hybridized carbons (Fsp3) is 0.646. The van der Waals surface area contributed by atoms with E-state index in [1.54, 1.807) is 6.07 Å². The fourth-order valence-corrected chi connectivity index (χ4v) is 24.5. The lowest BCUT2D eigenvalue weighted by Crippen LogP contribution is -2.49. The molecule has 5 aromatic rings. The van der Waals surface area contributed by atoms with Crippen LogP contribution >= 0.6 is 136 Å². The van der Waals surface area contributed by atoms with Gasteiger partial charge in [-0.15, -0.1) is 56.7 Å². The quantitative estimate of drug-likeness (QED) is 0.0610. The monoisotopic (exact) mass is 2020 g/mol. The van der Waals surface area contributed by atoms with E-state index in [4.69, 9.17) is 43.6 Å². The van der Waals surface area contributed by atoms with Crippen LogP contribution in [0.3, 0.4) is 0 Å². The summed E-state index contributed by atoms with van der Waals surface area (Å²) in [4.78, 5) is 120. The second kappa shape index (κ2) is 44.2. The molecule has 2 aliphatic heterocycles. The van der Waals surface area contributed by atoms with E-state index < -0.39 is 29.7 Å². The zero-order valence-electron chi connectivity index (χ0n) is 67.0. The van der Waals surface area contributed by atoms with E-state index in [1.165, 1.54) is 92.2 Å². The number of hydrogen-bond donors (Lipinski definition) is 3. The number of nitrogens with two attached hydrogens (primary N) is 1. The summed E-state index contributed by atoms with van der Waals surface area (Å²) in [6.07, 6.45) is 23.6. The maximum absolute atomic E-state index is 13.8. The molecule has 0 aromatic carbocycles. The van der Waals surface area contributed by atoms with Gasteiger partial charge < -0.3 is 73.5 Å². The average Bonchev–Trinajstić information content (AvgIpc) is 1.51. The summed E-state index contributed by atoms with van der Waals surface area (Å²) < 4.78 is 51.6. The molecule has 0 bridgehead atoms. The van der Waals surface area contributed by atoms with Crippen LogP contribution in [0.1, 0.15) is 249 Å². The molecular weight excluding hydrogens is 1920 g/mol. The van der Waals surface area contributed by atoms with E-state index in [2.05, 4.69) is 110 Å². The van der Waals surface area contributed by atoms with Gasteiger partial charge in [0.25, 0.3) is 0 Å². The van der Waals surface area contributed by atoms with Gasteiger partial charge in [0.2, 0.25) is 17.7 Å². The SMILES string of the molecule is COC(=O)c1sc(Br)cc1N.COC(=O)c1sc(Br)cc1N(C(=O)C1CCC(C)CC1)C1CCC(=O)CC1.COC(=O)c1sc(Br)cc1N(C(=O)C1CCC(C)CC1)C1CCC(O)CC1.COC(=O)c1sc(Br)cc1N(C(=O)C1CCC(C)CC1)C1CCC2(CC1)OCCO2.COC(=O)c1sc(Br)cc1NC1CCC2(CC1)OCCO2. The minimum Gasteiger partial charge on any atom is -0.465 e. The van der Waals surface area contributed by atoms with Gasteiger partial charge in [0.05, 0.1) is 115 Å². The molecule has 7 heterocycles. The Bertz CT molecular complexity index is 4150. The number of nitrogens with one attached hydrogen (secondary N) is 1. The number of nitrogen functional groups attached to an aromatic ring is 1. The number of aliphatic hydroxyl groups excluding tert-OH is 1. The van der Waals surface area contributed by atoms with E-state index in [9.17, 15) is 48.3 Å². The lowest BCUT2D eigenvalue weighted by atomic mass is 9.81. The van der Waals surface area contributed by atoms with Gasteiger partial charge in [0.1, 0.15) is 30.2 Å². The molecule has 7 saturated carbocycles. The van der Waals surface area contributed by atoms with E-state index in [0.717, 1.165) is 166 Å². The van der Waals surface area contributed by atoms with Crippen LogP contribution in [0, 0.1) is 35.5 Å². The number of carbonyl (C=O) groups excluding carboxylic acids is 9. The van der Waals surface area contributed by atoms with Crippen molar-refractivity contribution in [2.45, 2.75) is 242 Å². The Morgan fingerprint density at radius 2 is 0.698 bits per heavy atom. The van der Waals surface area contributed by atoms with E-state index in [-0.39, 0.29) is 77.2 Å². The molecule has 9 fully saturated rings. The number of amides is 3. The Morgan fingerprint density at radius 1 is 0.405 bits per heavy atom. The number of nitrogens with zero attached hydrogens (tertiary/aromatic N) is 3. The first-order valence-corrected chi connectivity index (χ1v) is 48.2. The summed E-state index contributed by atoms with van der Waals surface area (Å²) in [6, 6.07) is 9.55. The average molecular weight is 2030 g/mol. The lowest BCUT2D eigenvalue weighted by molar-refractivity contribution is -0.179. The lowest BCUT2D eigenvalue weighted by Gasteiger charge is -2.42. The van der Waals surface area contributed by atoms with Crippen LogP contribution < -0.4 is 25.8 Å². The van der Waals surface area contributed by atoms with Crippen LogP contribution in [0.15, 0.2) is 49.3 Å². The summed E-state index contributed by atoms with van der Waals surface area (Å²) in [5.41, 5.74) is 8.75. The first kappa shape index (κ1) is 94.0. The third-order valence-electron chi connectivity index (χ3n) is 23.6. The minimum absolute atomic E-state index is 0.0111. The van der Waals surface area contributed by atoms with Crippen molar-refractivity contribution in [1.82, 2.24) is 0 Å². The van der Waals surface area contributed by atoms with Gasteiger partial charge in [-0.25, -0.2) is 24.0 Å². The number of carbonyl (C=O) groups is 9. The molecular formula is C82H108Br5N5O19S5. The molecule has 14 rings (SSSR count). The number of rotatable bonds is 16. The van der Waals surface area contributed by atoms with Gasteiger partial charge >= 0.3 is 29.8 Å². The van der Waals surface area contributed by atoms with E-state index >= 15 is 0 Å².